The van der Waals surface area contributed by atoms with Crippen LogP contribution in [0.2, 0.25) is 0 Å². The van der Waals surface area contributed by atoms with Crippen LogP contribution in [0.25, 0.3) is 0 Å². The van der Waals surface area contributed by atoms with E-state index >= 15 is 0 Å². The van der Waals surface area contributed by atoms with Gasteiger partial charge >= 0.3 is 0 Å². The predicted octanol–water partition coefficient (Wildman–Crippen LogP) is 1.98. The highest BCUT2D eigenvalue weighted by Gasteiger charge is 2.01. The second-order valence-electron chi connectivity index (χ2n) is 1.86. The minimum absolute atomic E-state index is 0.310. The molecule has 0 radical (unpaired) electrons. The van der Waals surface area contributed by atoms with E-state index in [0.717, 1.165) is 0 Å². The first-order chi connectivity index (χ1) is 5.36. The van der Waals surface area contributed by atoms with E-state index in [1.165, 1.54) is 0 Å². The molecule has 11 heavy (non-hydrogen) atoms. The molecule has 0 aliphatic heterocycles. The second kappa shape index (κ2) is 4.03. The van der Waals surface area contributed by atoms with E-state index in [1.807, 2.05) is 0 Å². The minimum Gasteiger partial charge on any atom is -0.471 e. The lowest BCUT2D eigenvalue weighted by Crippen LogP contribution is -1.91. The quantitative estimate of drug-likeness (QED) is 0.516. The molecule has 0 saturated carbocycles. The molecule has 0 saturated heterocycles. The number of hydrogen-bond acceptors (Lipinski definition) is 3. The molecule has 1 aromatic rings. The van der Waals surface area contributed by atoms with Crippen molar-refractivity contribution in [1.29, 1.82) is 0 Å². The zero-order valence-electron chi connectivity index (χ0n) is 5.92. The van der Waals surface area contributed by atoms with Crippen LogP contribution in [-0.4, -0.2) is 11.8 Å². The largest absolute Gasteiger partial charge is 0.471 e. The molecule has 0 aliphatic rings. The summed E-state index contributed by atoms with van der Waals surface area (Å²) in [6.07, 6.45) is 1.63. The summed E-state index contributed by atoms with van der Waals surface area (Å²) in [7, 11) is 0. The van der Waals surface area contributed by atoms with E-state index in [0.29, 0.717) is 24.1 Å². The molecule has 0 amide bonds. The number of nitrogens with zero attached hydrogens (tertiary/aromatic N) is 1. The number of halogens is 1. The van der Waals surface area contributed by atoms with E-state index in [9.17, 15) is 0 Å². The number of aromatic nitrogens is 1. The summed E-state index contributed by atoms with van der Waals surface area (Å²) < 4.78 is 9.83. The summed E-state index contributed by atoms with van der Waals surface area (Å²) in [5.41, 5.74) is 0. The van der Waals surface area contributed by atoms with Crippen molar-refractivity contribution < 1.29 is 9.26 Å². The SMILES string of the molecule is C=CCOc1cc(CCl)on1. The molecule has 1 heterocycles. The molecule has 3 nitrogen and oxygen atoms in total. The van der Waals surface area contributed by atoms with E-state index in [-0.39, 0.29) is 0 Å². The monoisotopic (exact) mass is 173 g/mol. The molecule has 0 unspecified atom stereocenters. The zero-order valence-corrected chi connectivity index (χ0v) is 6.67. The molecule has 0 atom stereocenters. The topological polar surface area (TPSA) is 35.3 Å². The Hall–Kier alpha value is -0.960. The molecule has 0 aliphatic carbocycles. The molecule has 0 N–H and O–H groups in total. The maximum absolute atomic E-state index is 5.46. The molecule has 0 aromatic carbocycles. The van der Waals surface area contributed by atoms with Gasteiger partial charge in [0.1, 0.15) is 6.61 Å². The standard InChI is InChI=1S/C7H8ClNO2/c1-2-3-10-7-4-6(5-8)11-9-7/h2,4H,1,3,5H2. The van der Waals surface area contributed by atoms with Crippen LogP contribution in [0, 0.1) is 0 Å². The number of rotatable bonds is 4. The van der Waals surface area contributed by atoms with Crippen LogP contribution in [0.5, 0.6) is 5.88 Å². The predicted molar refractivity (Wildman–Crippen MR) is 41.8 cm³/mol. The van der Waals surface area contributed by atoms with Crippen molar-refractivity contribution in [2.75, 3.05) is 6.61 Å². The summed E-state index contributed by atoms with van der Waals surface area (Å²) in [5, 5.41) is 3.60. The highest BCUT2D eigenvalue weighted by molar-refractivity contribution is 6.16. The third kappa shape index (κ3) is 2.27. The van der Waals surface area contributed by atoms with Gasteiger partial charge in [-0.2, -0.15) is 0 Å². The number of hydrogen-bond donors (Lipinski definition) is 0. The van der Waals surface area contributed by atoms with Crippen LogP contribution in [0.15, 0.2) is 23.2 Å². The third-order valence-corrected chi connectivity index (χ3v) is 1.28. The van der Waals surface area contributed by atoms with Crippen LogP contribution >= 0.6 is 11.6 Å². The Morgan fingerprint density at radius 2 is 2.64 bits per heavy atom. The van der Waals surface area contributed by atoms with E-state index in [4.69, 9.17) is 20.9 Å². The summed E-state index contributed by atoms with van der Waals surface area (Å²) in [4.78, 5) is 0. The van der Waals surface area contributed by atoms with Crippen molar-refractivity contribution in [2.45, 2.75) is 5.88 Å². The minimum atomic E-state index is 0.310. The maximum Gasteiger partial charge on any atom is 0.254 e. The lowest BCUT2D eigenvalue weighted by Gasteiger charge is -1.92. The van der Waals surface area contributed by atoms with Crippen LogP contribution in [0.4, 0.5) is 0 Å². The second-order valence-corrected chi connectivity index (χ2v) is 2.13. The highest BCUT2D eigenvalue weighted by Crippen LogP contribution is 2.12. The number of ether oxygens (including phenoxy) is 1. The fourth-order valence-electron chi connectivity index (χ4n) is 0.569. The van der Waals surface area contributed by atoms with Crippen molar-refractivity contribution in [3.8, 4) is 5.88 Å². The van der Waals surface area contributed by atoms with Crippen LogP contribution in [-0.2, 0) is 5.88 Å². The van der Waals surface area contributed by atoms with Crippen LogP contribution in [0.3, 0.4) is 0 Å². The zero-order chi connectivity index (χ0) is 8.10. The van der Waals surface area contributed by atoms with E-state index in [2.05, 4.69) is 11.7 Å². The van der Waals surface area contributed by atoms with Gasteiger partial charge in [0.25, 0.3) is 5.88 Å². The Kier molecular flexibility index (Phi) is 2.98. The summed E-state index contributed by atoms with van der Waals surface area (Å²) in [6.45, 7) is 3.92. The summed E-state index contributed by atoms with van der Waals surface area (Å²) >= 11 is 5.46. The maximum atomic E-state index is 5.46. The first kappa shape index (κ1) is 8.14. The van der Waals surface area contributed by atoms with Crippen LogP contribution < -0.4 is 4.74 Å². The highest BCUT2D eigenvalue weighted by atomic mass is 35.5. The molecule has 1 rings (SSSR count). The van der Waals surface area contributed by atoms with Gasteiger partial charge in [-0.25, -0.2) is 0 Å². The first-order valence-electron chi connectivity index (χ1n) is 3.12. The van der Waals surface area contributed by atoms with E-state index < -0.39 is 0 Å². The molecule has 60 valence electrons. The molecular weight excluding hydrogens is 166 g/mol. The van der Waals surface area contributed by atoms with Gasteiger partial charge in [0.05, 0.1) is 5.88 Å². The van der Waals surface area contributed by atoms with Crippen molar-refractivity contribution in [2.24, 2.45) is 0 Å². The van der Waals surface area contributed by atoms with Gasteiger partial charge in [-0.15, -0.1) is 11.6 Å². The smallest absolute Gasteiger partial charge is 0.254 e. The molecule has 0 bridgehead atoms. The lowest BCUT2D eigenvalue weighted by atomic mass is 10.5. The van der Waals surface area contributed by atoms with Gasteiger partial charge in [-0.05, 0) is 5.16 Å². The molecule has 0 fully saturated rings. The molecule has 4 heteroatoms. The lowest BCUT2D eigenvalue weighted by molar-refractivity contribution is 0.305. The molecular formula is C7H8ClNO2. The Morgan fingerprint density at radius 1 is 1.82 bits per heavy atom. The first-order valence-corrected chi connectivity index (χ1v) is 3.65. The van der Waals surface area contributed by atoms with Gasteiger partial charge < -0.3 is 9.26 Å². The van der Waals surface area contributed by atoms with E-state index in [1.54, 1.807) is 12.1 Å². The van der Waals surface area contributed by atoms with Crippen molar-refractivity contribution >= 4 is 11.6 Å². The van der Waals surface area contributed by atoms with Gasteiger partial charge in [0.2, 0.25) is 0 Å². The Labute approximate surface area is 69.6 Å². The van der Waals surface area contributed by atoms with Gasteiger partial charge in [-0.3, -0.25) is 0 Å². The van der Waals surface area contributed by atoms with Crippen molar-refractivity contribution in [1.82, 2.24) is 5.16 Å². The Bertz CT molecular complexity index is 234. The fraction of sp³-hybridized carbons (Fsp3) is 0.286. The van der Waals surface area contributed by atoms with Crippen molar-refractivity contribution in [3.63, 3.8) is 0 Å². The fourth-order valence-corrected chi connectivity index (χ4v) is 0.695. The Balaban J connectivity index is 2.50. The molecule has 0 spiro atoms. The normalized spacial score (nSPS) is 9.55. The average molecular weight is 174 g/mol. The average Bonchev–Trinajstić information content (AvgIpc) is 2.48. The third-order valence-electron chi connectivity index (χ3n) is 1.02. The van der Waals surface area contributed by atoms with Gasteiger partial charge in [0, 0.05) is 6.07 Å². The Morgan fingerprint density at radius 3 is 3.18 bits per heavy atom. The summed E-state index contributed by atoms with van der Waals surface area (Å²) in [6, 6.07) is 1.65. The summed E-state index contributed by atoms with van der Waals surface area (Å²) in [5.74, 6) is 1.36. The van der Waals surface area contributed by atoms with Gasteiger partial charge in [-0.1, -0.05) is 12.7 Å². The van der Waals surface area contributed by atoms with Crippen LogP contribution in [0.1, 0.15) is 5.76 Å². The van der Waals surface area contributed by atoms with Gasteiger partial charge in [0.15, 0.2) is 5.76 Å². The number of alkyl halides is 1. The molecule has 1 aromatic heterocycles. The van der Waals surface area contributed by atoms with Crippen molar-refractivity contribution in [3.05, 3.63) is 24.5 Å².